The molecule has 1 unspecified atom stereocenters. The molecule has 5 atom stereocenters. The van der Waals surface area contributed by atoms with E-state index in [1.165, 1.54) is 0 Å². The van der Waals surface area contributed by atoms with Crippen molar-refractivity contribution >= 4 is 11.8 Å². The highest BCUT2D eigenvalue weighted by molar-refractivity contribution is 8.00. The molecule has 5 rings (SSSR count). The van der Waals surface area contributed by atoms with Crippen molar-refractivity contribution < 1.29 is 23.7 Å². The van der Waals surface area contributed by atoms with E-state index >= 15 is 0 Å². The topological polar surface area (TPSA) is 46.2 Å². The van der Waals surface area contributed by atoms with Crippen molar-refractivity contribution in [3.8, 4) is 0 Å². The maximum atomic E-state index is 6.83. The van der Waals surface area contributed by atoms with Gasteiger partial charge in [0.25, 0.3) is 0 Å². The summed E-state index contributed by atoms with van der Waals surface area (Å²) >= 11 is 1.69. The third-order valence-electron chi connectivity index (χ3n) is 7.33. The molecule has 5 nitrogen and oxygen atoms in total. The minimum atomic E-state index is -0.433. The predicted molar refractivity (Wildman–Crippen MR) is 177 cm³/mol. The van der Waals surface area contributed by atoms with Gasteiger partial charge in [0, 0.05) is 5.75 Å². The molecule has 0 aromatic heterocycles. The zero-order chi connectivity index (χ0) is 30.4. The van der Waals surface area contributed by atoms with Crippen LogP contribution in [0.3, 0.4) is 0 Å². The fourth-order valence-electron chi connectivity index (χ4n) is 5.11. The lowest BCUT2D eigenvalue weighted by molar-refractivity contribution is -0.254. The van der Waals surface area contributed by atoms with Crippen molar-refractivity contribution in [1.82, 2.24) is 0 Å². The monoisotopic (exact) mass is 610 g/mol. The van der Waals surface area contributed by atoms with Gasteiger partial charge >= 0.3 is 0 Å². The molecule has 1 saturated heterocycles. The fourth-order valence-corrected chi connectivity index (χ4v) is 6.20. The summed E-state index contributed by atoms with van der Waals surface area (Å²) in [5.41, 5.74) is 5.14. The van der Waals surface area contributed by atoms with E-state index in [1.807, 2.05) is 79.7 Å². The highest BCUT2D eigenvalue weighted by Crippen LogP contribution is 2.36. The summed E-state index contributed by atoms with van der Waals surface area (Å²) in [5, 5.41) is 0. The fraction of sp³-hybridized carbons (Fsp3) is 0.316. The first kappa shape index (κ1) is 32.2. The molecule has 1 fully saturated rings. The van der Waals surface area contributed by atoms with Crippen molar-refractivity contribution in [2.24, 2.45) is 0 Å². The lowest BCUT2D eigenvalue weighted by Crippen LogP contribution is -2.60. The molecule has 44 heavy (non-hydrogen) atoms. The summed E-state index contributed by atoms with van der Waals surface area (Å²) in [6, 6.07) is 40.8. The molecule has 230 valence electrons. The first-order valence-corrected chi connectivity index (χ1v) is 16.2. The van der Waals surface area contributed by atoms with E-state index in [9.17, 15) is 0 Å². The minimum Gasteiger partial charge on any atom is -0.374 e. The average Bonchev–Trinajstić information content (AvgIpc) is 3.07. The second kappa shape index (κ2) is 17.3. The molecule has 0 saturated carbocycles. The molecule has 4 aromatic rings. The van der Waals surface area contributed by atoms with Crippen LogP contribution in [0.2, 0.25) is 0 Å². The molecule has 0 bridgehead atoms. The van der Waals surface area contributed by atoms with E-state index in [1.54, 1.807) is 11.8 Å². The van der Waals surface area contributed by atoms with Crippen LogP contribution in [0.25, 0.3) is 0 Å². The van der Waals surface area contributed by atoms with Crippen LogP contribution in [-0.4, -0.2) is 42.2 Å². The Labute approximate surface area is 266 Å². The quantitative estimate of drug-likeness (QED) is 0.120. The number of ether oxygens (including phenoxy) is 5. The number of hydrogen-bond donors (Lipinski definition) is 0. The zero-order valence-corrected chi connectivity index (χ0v) is 26.1. The Kier molecular flexibility index (Phi) is 12.7. The molecule has 6 heteroatoms. The second-order valence-corrected chi connectivity index (χ2v) is 12.2. The van der Waals surface area contributed by atoms with Crippen LogP contribution in [0, 0.1) is 0 Å². The highest BCUT2D eigenvalue weighted by Gasteiger charge is 2.48. The van der Waals surface area contributed by atoms with Gasteiger partial charge in [0.1, 0.15) is 29.9 Å². The van der Waals surface area contributed by atoms with E-state index < -0.39 is 18.3 Å². The van der Waals surface area contributed by atoms with Gasteiger partial charge in [0.2, 0.25) is 0 Å². The minimum absolute atomic E-state index is 0.307. The molecule has 1 aliphatic heterocycles. The Hall–Kier alpha value is -3.23. The van der Waals surface area contributed by atoms with Crippen molar-refractivity contribution in [3.05, 3.63) is 156 Å². The maximum Gasteiger partial charge on any atom is 0.133 e. The number of hydrogen-bond acceptors (Lipinski definition) is 6. The van der Waals surface area contributed by atoms with Gasteiger partial charge in [-0.1, -0.05) is 133 Å². The van der Waals surface area contributed by atoms with Gasteiger partial charge in [-0.3, -0.25) is 0 Å². The average molecular weight is 611 g/mol. The highest BCUT2D eigenvalue weighted by atomic mass is 32.2. The molecular formula is C38H42O5S. The van der Waals surface area contributed by atoms with Gasteiger partial charge in [0.05, 0.1) is 33.0 Å². The van der Waals surface area contributed by atoms with Crippen LogP contribution in [0.1, 0.15) is 29.2 Å². The number of rotatable bonds is 16. The summed E-state index contributed by atoms with van der Waals surface area (Å²) in [6.07, 6.45) is -1.61. The first-order chi connectivity index (χ1) is 21.7. The Balaban J connectivity index is 1.42. The normalized spacial score (nSPS) is 21.6. The molecular weight excluding hydrogens is 568 g/mol. The van der Waals surface area contributed by atoms with Crippen LogP contribution in [0.5, 0.6) is 0 Å². The summed E-state index contributed by atoms with van der Waals surface area (Å²) in [5.74, 6) is 0.744. The molecule has 0 spiro atoms. The SMILES string of the molecule is C=C(C)CSC1O[C@H](COCc2ccccc2)[C@@H](OCc2ccccc2)[C@H](OCc2ccccc2)[C@H]1OCc1ccccc1. The molecule has 0 radical (unpaired) electrons. The van der Waals surface area contributed by atoms with Crippen LogP contribution < -0.4 is 0 Å². The standard InChI is InChI=1S/C38H42O5S/c1-29(2)28-44-38-37(42-26-33-21-13-6-14-22-33)36(41-25-32-19-11-5-12-20-32)35(40-24-31-17-9-4-10-18-31)34(43-38)27-39-23-30-15-7-3-8-16-30/h3-22,34-38H,1,23-28H2,2H3/t34-,35-,36+,37-,38?/m1/s1. The summed E-state index contributed by atoms with van der Waals surface area (Å²) in [7, 11) is 0. The van der Waals surface area contributed by atoms with Gasteiger partial charge in [-0.05, 0) is 29.2 Å². The third kappa shape index (κ3) is 9.89. The zero-order valence-electron chi connectivity index (χ0n) is 25.3. The van der Waals surface area contributed by atoms with Crippen LogP contribution in [-0.2, 0) is 50.1 Å². The van der Waals surface area contributed by atoms with E-state index in [4.69, 9.17) is 23.7 Å². The lowest BCUT2D eigenvalue weighted by atomic mass is 9.98. The summed E-state index contributed by atoms with van der Waals surface area (Å²) in [4.78, 5) is 0. The van der Waals surface area contributed by atoms with Gasteiger partial charge in [-0.25, -0.2) is 0 Å². The Morgan fingerprint density at radius 3 is 1.45 bits per heavy atom. The summed E-state index contributed by atoms with van der Waals surface area (Å²) < 4.78 is 33.3. The Bertz CT molecular complexity index is 1370. The maximum absolute atomic E-state index is 6.83. The van der Waals surface area contributed by atoms with Crippen LogP contribution in [0.4, 0.5) is 0 Å². The number of benzene rings is 4. The molecule has 1 aliphatic rings. The molecule has 0 aliphatic carbocycles. The largest absolute Gasteiger partial charge is 0.374 e. The summed E-state index contributed by atoms with van der Waals surface area (Å²) in [6.45, 7) is 8.29. The van der Waals surface area contributed by atoms with Crippen molar-refractivity contribution in [2.75, 3.05) is 12.4 Å². The molecule has 1 heterocycles. The Morgan fingerprint density at radius 1 is 0.591 bits per heavy atom. The van der Waals surface area contributed by atoms with Gasteiger partial charge < -0.3 is 23.7 Å². The molecule has 0 N–H and O–H groups in total. The smallest absolute Gasteiger partial charge is 0.133 e. The first-order valence-electron chi connectivity index (χ1n) is 15.2. The van der Waals surface area contributed by atoms with E-state index in [0.29, 0.717) is 33.0 Å². The van der Waals surface area contributed by atoms with E-state index in [0.717, 1.165) is 33.6 Å². The molecule has 4 aromatic carbocycles. The van der Waals surface area contributed by atoms with E-state index in [-0.39, 0.29) is 11.5 Å². The number of thioether (sulfide) groups is 1. The van der Waals surface area contributed by atoms with Crippen molar-refractivity contribution in [1.29, 1.82) is 0 Å². The lowest BCUT2D eigenvalue weighted by Gasteiger charge is -2.46. The van der Waals surface area contributed by atoms with Crippen molar-refractivity contribution in [2.45, 2.75) is 63.2 Å². The van der Waals surface area contributed by atoms with Gasteiger partial charge in [-0.2, -0.15) is 0 Å². The van der Waals surface area contributed by atoms with Crippen LogP contribution in [0.15, 0.2) is 133 Å². The predicted octanol–water partition coefficient (Wildman–Crippen LogP) is 7.99. The second-order valence-electron chi connectivity index (χ2n) is 11.1. The van der Waals surface area contributed by atoms with Crippen LogP contribution >= 0.6 is 11.8 Å². The van der Waals surface area contributed by atoms with Crippen molar-refractivity contribution in [3.63, 3.8) is 0 Å². The third-order valence-corrected chi connectivity index (χ3v) is 8.70. The molecule has 0 amide bonds. The van der Waals surface area contributed by atoms with Gasteiger partial charge in [-0.15, -0.1) is 11.8 Å². The Morgan fingerprint density at radius 2 is 1.00 bits per heavy atom. The van der Waals surface area contributed by atoms with E-state index in [2.05, 4.69) is 55.1 Å². The van der Waals surface area contributed by atoms with Gasteiger partial charge in [0.15, 0.2) is 0 Å².